The summed E-state index contributed by atoms with van der Waals surface area (Å²) >= 11 is 6.42. The highest BCUT2D eigenvalue weighted by molar-refractivity contribution is 6.33. The third-order valence-electron chi connectivity index (χ3n) is 6.18. The Bertz CT molecular complexity index is 1260. The zero-order valence-corrected chi connectivity index (χ0v) is 20.0. The molecule has 1 aliphatic carbocycles. The molecular weight excluding hydrogens is 461 g/mol. The number of nitrogens with one attached hydrogen (secondary N) is 1. The van der Waals surface area contributed by atoms with Crippen LogP contribution in [0.1, 0.15) is 51.1 Å². The van der Waals surface area contributed by atoms with Crippen LogP contribution in [0.25, 0.3) is 22.0 Å². The number of nitrogens with zero attached hydrogens (tertiary/aromatic N) is 3. The molecule has 0 unspecified atom stereocenters. The molecule has 2 aromatic heterocycles. The summed E-state index contributed by atoms with van der Waals surface area (Å²) in [6.45, 7) is 4.05. The predicted molar refractivity (Wildman–Crippen MR) is 128 cm³/mol. The van der Waals surface area contributed by atoms with Crippen molar-refractivity contribution in [1.29, 1.82) is 0 Å². The SMILES string of the molecule is CC(C)c1c2cc(-c3cc(NC(=O)[C@H]4CCC[C@@H](OC(N)=O)C4)ncc3Cl)cc(F)c2nn1C. The van der Waals surface area contributed by atoms with Gasteiger partial charge in [-0.1, -0.05) is 25.4 Å². The molecule has 180 valence electrons. The Kier molecular flexibility index (Phi) is 6.74. The number of primary amides is 1. The van der Waals surface area contributed by atoms with E-state index in [2.05, 4.69) is 15.4 Å². The first-order chi connectivity index (χ1) is 16.1. The van der Waals surface area contributed by atoms with E-state index in [1.807, 2.05) is 19.9 Å². The minimum atomic E-state index is -0.839. The van der Waals surface area contributed by atoms with Crippen LogP contribution in [-0.2, 0) is 16.6 Å². The quantitative estimate of drug-likeness (QED) is 0.517. The van der Waals surface area contributed by atoms with Crippen molar-refractivity contribution < 1.29 is 18.7 Å². The lowest BCUT2D eigenvalue weighted by molar-refractivity contribution is -0.122. The monoisotopic (exact) mass is 487 g/mol. The number of hydrogen-bond acceptors (Lipinski definition) is 5. The average Bonchev–Trinajstić information content (AvgIpc) is 3.11. The van der Waals surface area contributed by atoms with Gasteiger partial charge in [-0.2, -0.15) is 5.10 Å². The molecule has 3 aromatic rings. The van der Waals surface area contributed by atoms with Gasteiger partial charge in [0.25, 0.3) is 0 Å². The highest BCUT2D eigenvalue weighted by Crippen LogP contribution is 2.35. The van der Waals surface area contributed by atoms with Gasteiger partial charge in [-0.15, -0.1) is 0 Å². The molecule has 1 fully saturated rings. The maximum atomic E-state index is 15.0. The van der Waals surface area contributed by atoms with Crippen LogP contribution in [0, 0.1) is 11.7 Å². The average molecular weight is 488 g/mol. The van der Waals surface area contributed by atoms with Crippen molar-refractivity contribution in [2.24, 2.45) is 18.7 Å². The summed E-state index contributed by atoms with van der Waals surface area (Å²) in [5.41, 5.74) is 7.44. The molecule has 1 aromatic carbocycles. The van der Waals surface area contributed by atoms with Crippen LogP contribution < -0.4 is 11.1 Å². The van der Waals surface area contributed by atoms with Crippen molar-refractivity contribution >= 4 is 40.3 Å². The molecule has 0 aliphatic heterocycles. The minimum absolute atomic E-state index is 0.144. The van der Waals surface area contributed by atoms with Crippen molar-refractivity contribution in [1.82, 2.24) is 14.8 Å². The molecule has 1 aliphatic rings. The first kappa shape index (κ1) is 23.9. The zero-order chi connectivity index (χ0) is 24.6. The van der Waals surface area contributed by atoms with E-state index in [-0.39, 0.29) is 23.8 Å². The molecule has 8 nitrogen and oxygen atoms in total. The number of ether oxygens (including phenoxy) is 1. The Balaban J connectivity index is 1.61. The second kappa shape index (κ2) is 9.58. The Hall–Kier alpha value is -3.20. The van der Waals surface area contributed by atoms with Gasteiger partial charge in [-0.05, 0) is 55.4 Å². The molecule has 34 heavy (non-hydrogen) atoms. The molecule has 2 amide bonds. The van der Waals surface area contributed by atoms with E-state index in [4.69, 9.17) is 22.1 Å². The molecule has 10 heteroatoms. The van der Waals surface area contributed by atoms with Gasteiger partial charge in [0.2, 0.25) is 5.91 Å². The number of rotatable bonds is 5. The fourth-order valence-electron chi connectivity index (χ4n) is 4.73. The van der Waals surface area contributed by atoms with Crippen molar-refractivity contribution in [2.45, 2.75) is 51.6 Å². The van der Waals surface area contributed by atoms with Crippen LogP contribution in [0.4, 0.5) is 15.0 Å². The molecule has 2 heterocycles. The number of nitrogens with two attached hydrogens (primary N) is 1. The molecule has 0 radical (unpaired) electrons. The number of amides is 2. The van der Waals surface area contributed by atoms with Gasteiger partial charge >= 0.3 is 6.09 Å². The number of fused-ring (bicyclic) bond motifs is 1. The number of halogens is 2. The fraction of sp³-hybridized carbons (Fsp3) is 0.417. The summed E-state index contributed by atoms with van der Waals surface area (Å²) in [5, 5.41) is 8.19. The van der Waals surface area contributed by atoms with Crippen molar-refractivity contribution in [3.05, 3.63) is 40.9 Å². The minimum Gasteiger partial charge on any atom is -0.446 e. The van der Waals surface area contributed by atoms with Crippen LogP contribution in [0.3, 0.4) is 0 Å². The summed E-state index contributed by atoms with van der Waals surface area (Å²) in [4.78, 5) is 28.1. The van der Waals surface area contributed by atoms with E-state index in [1.54, 1.807) is 17.8 Å². The number of aryl methyl sites for hydroxylation is 1. The van der Waals surface area contributed by atoms with Crippen LogP contribution in [0.5, 0.6) is 0 Å². The molecule has 4 rings (SSSR count). The number of hydrogen-bond donors (Lipinski definition) is 2. The Morgan fingerprint density at radius 2 is 2.06 bits per heavy atom. The van der Waals surface area contributed by atoms with Crippen molar-refractivity contribution in [3.63, 3.8) is 0 Å². The second-order valence-corrected chi connectivity index (χ2v) is 9.39. The fourth-order valence-corrected chi connectivity index (χ4v) is 4.94. The second-order valence-electron chi connectivity index (χ2n) is 8.98. The van der Waals surface area contributed by atoms with Crippen LogP contribution >= 0.6 is 11.6 Å². The van der Waals surface area contributed by atoms with Crippen molar-refractivity contribution in [2.75, 3.05) is 5.32 Å². The van der Waals surface area contributed by atoms with Gasteiger partial charge < -0.3 is 15.8 Å². The molecule has 0 spiro atoms. The third-order valence-corrected chi connectivity index (χ3v) is 6.48. The van der Waals surface area contributed by atoms with Crippen LogP contribution in [-0.4, -0.2) is 32.9 Å². The summed E-state index contributed by atoms with van der Waals surface area (Å²) in [7, 11) is 1.80. The van der Waals surface area contributed by atoms with Gasteiger partial charge in [-0.3, -0.25) is 9.48 Å². The molecule has 3 N–H and O–H groups in total. The highest BCUT2D eigenvalue weighted by Gasteiger charge is 2.29. The number of pyridine rings is 1. The van der Waals surface area contributed by atoms with E-state index in [0.29, 0.717) is 52.1 Å². The number of anilines is 1. The Morgan fingerprint density at radius 3 is 2.76 bits per heavy atom. The lowest BCUT2D eigenvalue weighted by Crippen LogP contribution is -2.33. The van der Waals surface area contributed by atoms with Gasteiger partial charge in [0.15, 0.2) is 5.82 Å². The number of benzene rings is 1. The predicted octanol–water partition coefficient (Wildman–Crippen LogP) is 5.14. The molecule has 2 atom stereocenters. The van der Waals surface area contributed by atoms with E-state index in [0.717, 1.165) is 12.1 Å². The third kappa shape index (κ3) is 4.84. The first-order valence-electron chi connectivity index (χ1n) is 11.2. The van der Waals surface area contributed by atoms with E-state index >= 15 is 0 Å². The van der Waals surface area contributed by atoms with Crippen LogP contribution in [0.15, 0.2) is 24.4 Å². The lowest BCUT2D eigenvalue weighted by atomic mass is 9.86. The normalized spacial score (nSPS) is 18.3. The van der Waals surface area contributed by atoms with E-state index in [1.165, 1.54) is 12.3 Å². The largest absolute Gasteiger partial charge is 0.446 e. The summed E-state index contributed by atoms with van der Waals surface area (Å²) in [6.07, 6.45) is 2.71. The van der Waals surface area contributed by atoms with Crippen molar-refractivity contribution in [3.8, 4) is 11.1 Å². The van der Waals surface area contributed by atoms with Gasteiger partial charge in [0.05, 0.1) is 5.02 Å². The topological polar surface area (TPSA) is 112 Å². The molecular formula is C24H27ClFN5O3. The van der Waals surface area contributed by atoms with E-state index < -0.39 is 11.9 Å². The molecule has 0 bridgehead atoms. The van der Waals surface area contributed by atoms with Gasteiger partial charge in [0.1, 0.15) is 17.4 Å². The lowest BCUT2D eigenvalue weighted by Gasteiger charge is -2.27. The van der Waals surface area contributed by atoms with Gasteiger partial charge in [-0.25, -0.2) is 14.2 Å². The molecule has 1 saturated carbocycles. The maximum absolute atomic E-state index is 15.0. The zero-order valence-electron chi connectivity index (χ0n) is 19.3. The Morgan fingerprint density at radius 1 is 1.29 bits per heavy atom. The summed E-state index contributed by atoms with van der Waals surface area (Å²) < 4.78 is 21.7. The van der Waals surface area contributed by atoms with E-state index in [9.17, 15) is 14.0 Å². The smallest absolute Gasteiger partial charge is 0.404 e. The van der Waals surface area contributed by atoms with Crippen LogP contribution in [0.2, 0.25) is 5.02 Å². The summed E-state index contributed by atoms with van der Waals surface area (Å²) in [6, 6.07) is 4.88. The number of carbonyl (C=O) groups excluding carboxylic acids is 2. The first-order valence-corrected chi connectivity index (χ1v) is 11.6. The number of aromatic nitrogens is 3. The Labute approximate surface area is 201 Å². The molecule has 0 saturated heterocycles. The summed E-state index contributed by atoms with van der Waals surface area (Å²) in [5.74, 6) is -0.564. The standard InChI is InChI=1S/C24H27ClFN5O3/c1-12(2)22-17-8-14(9-19(26)21(17)30-31(22)3)16-10-20(28-11-18(16)25)29-23(32)13-5-4-6-15(7-13)34-24(27)33/h8-13,15H,4-7H2,1-3H3,(H2,27,33)(H,28,29,32)/t13-,15+/m0/s1. The van der Waals surface area contributed by atoms with Gasteiger partial charge in [0, 0.05) is 35.8 Å². The number of carbonyl (C=O) groups is 2. The maximum Gasteiger partial charge on any atom is 0.404 e. The highest BCUT2D eigenvalue weighted by atomic mass is 35.5.